The molecule has 17 heavy (non-hydrogen) atoms. The lowest BCUT2D eigenvalue weighted by Gasteiger charge is -1.96. The van der Waals surface area contributed by atoms with Crippen LogP contribution in [0.25, 0.3) is 12.2 Å². The van der Waals surface area contributed by atoms with E-state index in [2.05, 4.69) is 16.7 Å². The molecule has 0 saturated heterocycles. The van der Waals surface area contributed by atoms with E-state index >= 15 is 0 Å². The van der Waals surface area contributed by atoms with Crippen molar-refractivity contribution in [2.24, 2.45) is 7.05 Å². The second-order valence-corrected chi connectivity index (χ2v) is 4.00. The van der Waals surface area contributed by atoms with Gasteiger partial charge in [-0.1, -0.05) is 29.8 Å². The van der Waals surface area contributed by atoms with Crippen LogP contribution in [-0.2, 0) is 7.05 Å². The summed E-state index contributed by atoms with van der Waals surface area (Å²) in [4.78, 5) is 0. The lowest BCUT2D eigenvalue weighted by molar-refractivity contribution is -0.673. The van der Waals surface area contributed by atoms with Crippen molar-refractivity contribution in [1.82, 2.24) is 0 Å². The summed E-state index contributed by atoms with van der Waals surface area (Å²) in [5.41, 5.74) is 2.18. The number of hydrogen-bond acceptors (Lipinski definition) is 0. The van der Waals surface area contributed by atoms with Gasteiger partial charge in [-0.2, -0.15) is 0 Å². The fourth-order valence-electron chi connectivity index (χ4n) is 1.50. The zero-order valence-electron chi connectivity index (χ0n) is 9.48. The highest BCUT2D eigenvalue weighted by atomic mass is 127. The Balaban J connectivity index is 0.00000144. The Morgan fingerprint density at radius 1 is 1.00 bits per heavy atom. The summed E-state index contributed by atoms with van der Waals surface area (Å²) in [6.07, 6.45) is 6.10. The fraction of sp³-hybridized carbons (Fsp3) is 0.0714. The predicted octanol–water partition coefficient (Wildman–Crippen LogP) is 0.339. The number of pyridine rings is 1. The van der Waals surface area contributed by atoms with Gasteiger partial charge in [-0.15, -0.1) is 0 Å². The van der Waals surface area contributed by atoms with Crippen LogP contribution < -0.4 is 28.5 Å². The number of hydrogen-bond donors (Lipinski definition) is 0. The van der Waals surface area contributed by atoms with Gasteiger partial charge in [-0.3, -0.25) is 0 Å². The number of aryl methyl sites for hydroxylation is 1. The lowest BCUT2D eigenvalue weighted by Crippen LogP contribution is -3.00. The summed E-state index contributed by atoms with van der Waals surface area (Å²) >= 11 is 6.07. The minimum absolute atomic E-state index is 0. The maximum absolute atomic E-state index is 6.07. The smallest absolute Gasteiger partial charge is 0.204 e. The Morgan fingerprint density at radius 2 is 1.71 bits per heavy atom. The normalized spacial score (nSPS) is 10.2. The Hall–Kier alpha value is -0.870. The van der Waals surface area contributed by atoms with Crippen molar-refractivity contribution in [1.29, 1.82) is 0 Å². The van der Waals surface area contributed by atoms with Crippen LogP contribution in [0.5, 0.6) is 0 Å². The third kappa shape index (κ3) is 3.82. The van der Waals surface area contributed by atoms with Crippen molar-refractivity contribution in [3.63, 3.8) is 0 Å². The largest absolute Gasteiger partial charge is 1.00 e. The van der Waals surface area contributed by atoms with Crippen molar-refractivity contribution in [2.45, 2.75) is 0 Å². The van der Waals surface area contributed by atoms with Gasteiger partial charge in [-0.25, -0.2) is 4.57 Å². The maximum atomic E-state index is 6.07. The molecule has 3 heteroatoms. The van der Waals surface area contributed by atoms with Crippen LogP contribution in [0.1, 0.15) is 11.3 Å². The van der Waals surface area contributed by atoms with Gasteiger partial charge in [0.25, 0.3) is 0 Å². The molecule has 2 rings (SSSR count). The molecule has 0 aliphatic heterocycles. The molecule has 0 bridgehead atoms. The standard InChI is InChI=1S/C14H13ClN.HI/c1-16-11-5-4-7-13(16)10-9-12-6-2-3-8-14(12)15;/h2-11H,1H3;1H/q+1;/p-1/b10-9-;. The highest BCUT2D eigenvalue weighted by Crippen LogP contribution is 2.17. The van der Waals surface area contributed by atoms with E-state index in [0.29, 0.717) is 0 Å². The topological polar surface area (TPSA) is 3.88 Å². The molecule has 0 aliphatic carbocycles. The molecular weight excluding hydrogens is 345 g/mol. The molecule has 0 unspecified atom stereocenters. The molecule has 88 valence electrons. The first kappa shape index (κ1) is 14.2. The van der Waals surface area contributed by atoms with E-state index in [-0.39, 0.29) is 24.0 Å². The minimum atomic E-state index is 0. The van der Waals surface area contributed by atoms with Gasteiger partial charge in [0.05, 0.1) is 0 Å². The fourth-order valence-corrected chi connectivity index (χ4v) is 1.69. The van der Waals surface area contributed by atoms with Gasteiger partial charge in [0.15, 0.2) is 6.20 Å². The van der Waals surface area contributed by atoms with Crippen molar-refractivity contribution < 1.29 is 28.5 Å². The SMILES string of the molecule is C[n+]1ccccc1/C=C\c1ccccc1Cl.[I-]. The van der Waals surface area contributed by atoms with Crippen LogP contribution in [-0.4, -0.2) is 0 Å². The van der Waals surface area contributed by atoms with Crippen molar-refractivity contribution in [2.75, 3.05) is 0 Å². The molecule has 0 saturated carbocycles. The Kier molecular flexibility index (Phi) is 5.65. The first-order valence-electron chi connectivity index (χ1n) is 5.14. The number of aromatic nitrogens is 1. The first-order chi connectivity index (χ1) is 7.77. The Bertz CT molecular complexity index is 476. The number of halogens is 2. The highest BCUT2D eigenvalue weighted by molar-refractivity contribution is 6.32. The molecule has 0 radical (unpaired) electrons. The van der Waals surface area contributed by atoms with Gasteiger partial charge in [-0.05, 0) is 23.8 Å². The van der Waals surface area contributed by atoms with Gasteiger partial charge in [0.1, 0.15) is 7.05 Å². The molecule has 1 aromatic heterocycles. The van der Waals surface area contributed by atoms with Crippen LogP contribution >= 0.6 is 11.6 Å². The van der Waals surface area contributed by atoms with Gasteiger partial charge in [0, 0.05) is 23.2 Å². The van der Waals surface area contributed by atoms with E-state index in [1.54, 1.807) is 0 Å². The van der Waals surface area contributed by atoms with Crippen molar-refractivity contribution in [3.8, 4) is 0 Å². The molecule has 0 amide bonds. The molecule has 0 spiro atoms. The third-order valence-electron chi connectivity index (χ3n) is 2.43. The maximum Gasteiger partial charge on any atom is 0.204 e. The summed E-state index contributed by atoms with van der Waals surface area (Å²) in [7, 11) is 2.02. The van der Waals surface area contributed by atoms with Crippen LogP contribution in [0.15, 0.2) is 48.7 Å². The van der Waals surface area contributed by atoms with Crippen molar-refractivity contribution >= 4 is 23.8 Å². The molecular formula is C14H13ClIN. The Morgan fingerprint density at radius 3 is 2.41 bits per heavy atom. The molecule has 0 aliphatic rings. The predicted molar refractivity (Wildman–Crippen MR) is 68.0 cm³/mol. The minimum Gasteiger partial charge on any atom is -1.00 e. The Labute approximate surface area is 124 Å². The van der Waals surface area contributed by atoms with Crippen LogP contribution in [0, 0.1) is 0 Å². The number of benzene rings is 1. The molecule has 0 fully saturated rings. The summed E-state index contributed by atoms with van der Waals surface area (Å²) in [6.45, 7) is 0. The average molecular weight is 358 g/mol. The van der Waals surface area contributed by atoms with Crippen molar-refractivity contribution in [3.05, 3.63) is 64.9 Å². The summed E-state index contributed by atoms with van der Waals surface area (Å²) in [5.74, 6) is 0. The highest BCUT2D eigenvalue weighted by Gasteiger charge is 1.99. The molecule has 2 aromatic rings. The van der Waals surface area contributed by atoms with Crippen LogP contribution in [0.4, 0.5) is 0 Å². The average Bonchev–Trinajstić information content (AvgIpc) is 2.30. The molecule has 1 heterocycles. The summed E-state index contributed by atoms with van der Waals surface area (Å²) in [5, 5.41) is 0.775. The van der Waals surface area contributed by atoms with Crippen LogP contribution in [0.3, 0.4) is 0 Å². The monoisotopic (exact) mass is 357 g/mol. The molecule has 0 N–H and O–H groups in total. The number of rotatable bonds is 2. The quantitative estimate of drug-likeness (QED) is 0.539. The first-order valence-corrected chi connectivity index (χ1v) is 5.52. The zero-order valence-corrected chi connectivity index (χ0v) is 12.4. The van der Waals surface area contributed by atoms with E-state index in [1.165, 1.54) is 0 Å². The van der Waals surface area contributed by atoms with Gasteiger partial charge >= 0.3 is 0 Å². The number of nitrogens with zero attached hydrogens (tertiary/aromatic N) is 1. The van der Waals surface area contributed by atoms with E-state index in [0.717, 1.165) is 16.3 Å². The summed E-state index contributed by atoms with van der Waals surface area (Å²) in [6, 6.07) is 13.9. The van der Waals surface area contributed by atoms with Gasteiger partial charge in [0.2, 0.25) is 5.69 Å². The summed E-state index contributed by atoms with van der Waals surface area (Å²) < 4.78 is 2.06. The second kappa shape index (κ2) is 6.77. The third-order valence-corrected chi connectivity index (χ3v) is 2.78. The van der Waals surface area contributed by atoms with E-state index in [4.69, 9.17) is 11.6 Å². The van der Waals surface area contributed by atoms with E-state index in [9.17, 15) is 0 Å². The molecule has 1 nitrogen and oxygen atoms in total. The second-order valence-electron chi connectivity index (χ2n) is 3.59. The van der Waals surface area contributed by atoms with E-state index < -0.39 is 0 Å². The van der Waals surface area contributed by atoms with Crippen LogP contribution in [0.2, 0.25) is 5.02 Å². The zero-order chi connectivity index (χ0) is 11.4. The lowest BCUT2D eigenvalue weighted by atomic mass is 10.2. The van der Waals surface area contributed by atoms with E-state index in [1.807, 2.05) is 55.7 Å². The molecule has 0 atom stereocenters. The molecule has 1 aromatic carbocycles. The van der Waals surface area contributed by atoms with Gasteiger partial charge < -0.3 is 24.0 Å².